The SMILES string of the molecule is CC(C#N)N(C)Cc1ccc(Br)cc1[N+](=O)[O-]. The van der Waals surface area contributed by atoms with E-state index in [2.05, 4.69) is 22.0 Å². The molecule has 6 heteroatoms. The third-order valence-electron chi connectivity index (χ3n) is 2.51. The molecule has 1 rings (SSSR count). The van der Waals surface area contributed by atoms with Gasteiger partial charge in [-0.15, -0.1) is 0 Å². The summed E-state index contributed by atoms with van der Waals surface area (Å²) in [6.45, 7) is 2.13. The molecule has 0 saturated heterocycles. The smallest absolute Gasteiger partial charge is 0.275 e. The molecule has 0 amide bonds. The molecule has 1 aromatic rings. The van der Waals surface area contributed by atoms with Gasteiger partial charge in [0.15, 0.2) is 0 Å². The summed E-state index contributed by atoms with van der Waals surface area (Å²) in [5.41, 5.74) is 0.666. The maximum Gasteiger partial charge on any atom is 0.275 e. The molecular formula is C11H12BrN3O2. The highest BCUT2D eigenvalue weighted by Gasteiger charge is 2.17. The van der Waals surface area contributed by atoms with Crippen LogP contribution < -0.4 is 0 Å². The number of halogens is 1. The number of rotatable bonds is 4. The first-order valence-electron chi connectivity index (χ1n) is 4.98. The van der Waals surface area contributed by atoms with Crippen molar-refractivity contribution in [3.05, 3.63) is 38.3 Å². The highest BCUT2D eigenvalue weighted by Crippen LogP contribution is 2.24. The molecule has 0 spiro atoms. The standard InChI is InChI=1S/C11H12BrN3O2/c1-8(6-13)14(2)7-9-3-4-10(12)5-11(9)15(16)17/h3-5,8H,7H2,1-2H3. The first-order valence-corrected chi connectivity index (χ1v) is 5.77. The predicted octanol–water partition coefficient (Wildman–Crippen LogP) is 2.70. The minimum Gasteiger partial charge on any atom is -0.287 e. The number of hydrogen-bond donors (Lipinski definition) is 0. The van der Waals surface area contributed by atoms with Crippen molar-refractivity contribution < 1.29 is 4.92 Å². The summed E-state index contributed by atoms with van der Waals surface area (Å²) >= 11 is 3.20. The molecular weight excluding hydrogens is 286 g/mol. The normalized spacial score (nSPS) is 12.2. The Kier molecular flexibility index (Phi) is 4.61. The van der Waals surface area contributed by atoms with Crippen LogP contribution in [0.15, 0.2) is 22.7 Å². The topological polar surface area (TPSA) is 70.2 Å². The summed E-state index contributed by atoms with van der Waals surface area (Å²) in [7, 11) is 1.76. The van der Waals surface area contributed by atoms with Gasteiger partial charge in [-0.05, 0) is 26.1 Å². The largest absolute Gasteiger partial charge is 0.287 e. The molecule has 0 radical (unpaired) electrons. The average molecular weight is 298 g/mol. The van der Waals surface area contributed by atoms with Gasteiger partial charge in [0.2, 0.25) is 0 Å². The Labute approximate surface area is 108 Å². The van der Waals surface area contributed by atoms with E-state index in [1.807, 2.05) is 0 Å². The Balaban J connectivity index is 2.99. The molecule has 0 aromatic heterocycles. The zero-order valence-electron chi connectivity index (χ0n) is 9.55. The third kappa shape index (κ3) is 3.51. The van der Waals surface area contributed by atoms with Crippen molar-refractivity contribution in [1.29, 1.82) is 5.26 Å². The molecule has 0 N–H and O–H groups in total. The minimum atomic E-state index is -0.412. The lowest BCUT2D eigenvalue weighted by Gasteiger charge is -2.18. The van der Waals surface area contributed by atoms with Crippen LogP contribution in [0.5, 0.6) is 0 Å². The Hall–Kier alpha value is -1.45. The van der Waals surface area contributed by atoms with Crippen molar-refractivity contribution in [1.82, 2.24) is 4.90 Å². The number of nitro benzene ring substituents is 1. The zero-order valence-corrected chi connectivity index (χ0v) is 11.1. The predicted molar refractivity (Wildman–Crippen MR) is 67.3 cm³/mol. The van der Waals surface area contributed by atoms with Crippen LogP contribution in [-0.2, 0) is 6.54 Å². The Morgan fingerprint density at radius 2 is 2.29 bits per heavy atom. The molecule has 0 saturated carbocycles. The van der Waals surface area contributed by atoms with Crippen molar-refractivity contribution in [3.63, 3.8) is 0 Å². The Bertz CT molecular complexity index is 470. The molecule has 0 bridgehead atoms. The van der Waals surface area contributed by atoms with Crippen LogP contribution in [0.1, 0.15) is 12.5 Å². The summed E-state index contributed by atoms with van der Waals surface area (Å²) in [6, 6.07) is 6.74. The monoisotopic (exact) mass is 297 g/mol. The number of nitrogens with zero attached hydrogens (tertiary/aromatic N) is 3. The van der Waals surface area contributed by atoms with E-state index in [9.17, 15) is 10.1 Å². The van der Waals surface area contributed by atoms with E-state index in [1.165, 1.54) is 6.07 Å². The second-order valence-electron chi connectivity index (χ2n) is 3.75. The average Bonchev–Trinajstić information content (AvgIpc) is 2.29. The summed E-state index contributed by atoms with van der Waals surface area (Å²) in [5.74, 6) is 0. The number of nitro groups is 1. The van der Waals surface area contributed by atoms with Gasteiger partial charge < -0.3 is 0 Å². The fourth-order valence-corrected chi connectivity index (χ4v) is 1.69. The van der Waals surface area contributed by atoms with Crippen molar-refractivity contribution >= 4 is 21.6 Å². The van der Waals surface area contributed by atoms with Gasteiger partial charge in [-0.1, -0.05) is 15.9 Å². The van der Waals surface area contributed by atoms with E-state index in [1.54, 1.807) is 31.0 Å². The molecule has 0 aliphatic rings. The van der Waals surface area contributed by atoms with Crippen molar-refractivity contribution in [2.24, 2.45) is 0 Å². The van der Waals surface area contributed by atoms with Crippen LogP contribution in [0.2, 0.25) is 0 Å². The quantitative estimate of drug-likeness (QED) is 0.633. The van der Waals surface area contributed by atoms with Crippen LogP contribution in [0.3, 0.4) is 0 Å². The zero-order chi connectivity index (χ0) is 13.0. The van der Waals surface area contributed by atoms with Gasteiger partial charge >= 0.3 is 0 Å². The molecule has 5 nitrogen and oxygen atoms in total. The molecule has 1 unspecified atom stereocenters. The highest BCUT2D eigenvalue weighted by atomic mass is 79.9. The van der Waals surface area contributed by atoms with Crippen molar-refractivity contribution in [2.75, 3.05) is 7.05 Å². The van der Waals surface area contributed by atoms with E-state index in [4.69, 9.17) is 5.26 Å². The van der Waals surface area contributed by atoms with Crippen LogP contribution in [0, 0.1) is 21.4 Å². The summed E-state index contributed by atoms with van der Waals surface area (Å²) < 4.78 is 0.670. The maximum atomic E-state index is 10.9. The van der Waals surface area contributed by atoms with Gasteiger partial charge in [0, 0.05) is 22.6 Å². The Morgan fingerprint density at radius 3 is 2.82 bits per heavy atom. The van der Waals surface area contributed by atoms with E-state index >= 15 is 0 Å². The fraction of sp³-hybridized carbons (Fsp3) is 0.364. The Morgan fingerprint density at radius 1 is 1.65 bits per heavy atom. The fourth-order valence-electron chi connectivity index (χ4n) is 1.34. The van der Waals surface area contributed by atoms with Gasteiger partial charge in [-0.25, -0.2) is 0 Å². The first kappa shape index (κ1) is 13.6. The third-order valence-corrected chi connectivity index (χ3v) is 3.01. The number of hydrogen-bond acceptors (Lipinski definition) is 4. The van der Waals surface area contributed by atoms with E-state index < -0.39 is 4.92 Å². The summed E-state index contributed by atoms with van der Waals surface area (Å²) in [5, 5.41) is 19.7. The van der Waals surface area contributed by atoms with Gasteiger partial charge in [0.25, 0.3) is 5.69 Å². The molecule has 0 aliphatic heterocycles. The van der Waals surface area contributed by atoms with Crippen LogP contribution in [0.25, 0.3) is 0 Å². The molecule has 0 heterocycles. The van der Waals surface area contributed by atoms with Crippen LogP contribution in [0.4, 0.5) is 5.69 Å². The summed E-state index contributed by atoms with van der Waals surface area (Å²) in [6.07, 6.45) is 0. The van der Waals surface area contributed by atoms with E-state index in [0.29, 0.717) is 16.6 Å². The lowest BCUT2D eigenvalue weighted by Crippen LogP contribution is -2.27. The lowest BCUT2D eigenvalue weighted by atomic mass is 10.1. The molecule has 1 aromatic carbocycles. The van der Waals surface area contributed by atoms with Gasteiger partial charge in [0.1, 0.15) is 0 Å². The lowest BCUT2D eigenvalue weighted by molar-refractivity contribution is -0.385. The number of benzene rings is 1. The second-order valence-corrected chi connectivity index (χ2v) is 4.67. The first-order chi connectivity index (χ1) is 7.95. The second kappa shape index (κ2) is 5.75. The van der Waals surface area contributed by atoms with Crippen LogP contribution in [-0.4, -0.2) is 22.9 Å². The van der Waals surface area contributed by atoms with Crippen LogP contribution >= 0.6 is 15.9 Å². The van der Waals surface area contributed by atoms with Gasteiger partial charge in [-0.2, -0.15) is 5.26 Å². The van der Waals surface area contributed by atoms with E-state index in [0.717, 1.165) is 0 Å². The van der Waals surface area contributed by atoms with Gasteiger partial charge in [-0.3, -0.25) is 15.0 Å². The van der Waals surface area contributed by atoms with Gasteiger partial charge in [0.05, 0.1) is 17.0 Å². The highest BCUT2D eigenvalue weighted by molar-refractivity contribution is 9.10. The molecule has 17 heavy (non-hydrogen) atoms. The summed E-state index contributed by atoms with van der Waals surface area (Å²) in [4.78, 5) is 12.2. The molecule has 90 valence electrons. The van der Waals surface area contributed by atoms with E-state index in [-0.39, 0.29) is 11.7 Å². The molecule has 0 fully saturated rings. The molecule has 0 aliphatic carbocycles. The van der Waals surface area contributed by atoms with Crippen molar-refractivity contribution in [3.8, 4) is 6.07 Å². The molecule has 1 atom stereocenters. The van der Waals surface area contributed by atoms with Crippen molar-refractivity contribution in [2.45, 2.75) is 19.5 Å². The number of nitriles is 1. The maximum absolute atomic E-state index is 10.9. The minimum absolute atomic E-state index is 0.0661.